The molecule has 0 saturated carbocycles. The minimum atomic E-state index is -6.09. The maximum atomic E-state index is 12.2. The molecule has 2 bridgehead atoms. The third-order valence-electron chi connectivity index (χ3n) is 7.12. The van der Waals surface area contributed by atoms with E-state index in [-0.39, 0.29) is 29.0 Å². The first kappa shape index (κ1) is 28.8. The predicted octanol–water partition coefficient (Wildman–Crippen LogP) is 2.74. The second kappa shape index (κ2) is 9.52. The molecular weight excluding hydrogens is 497 g/mol. The molecule has 0 aromatic carbocycles. The van der Waals surface area contributed by atoms with Crippen molar-refractivity contribution in [2.75, 3.05) is 6.61 Å². The van der Waals surface area contributed by atoms with Gasteiger partial charge in [0, 0.05) is 0 Å². The highest BCUT2D eigenvalue weighted by atomic mass is 32.2. The van der Waals surface area contributed by atoms with Gasteiger partial charge in [-0.15, -0.1) is 0 Å². The van der Waals surface area contributed by atoms with E-state index < -0.39 is 23.9 Å². The van der Waals surface area contributed by atoms with Crippen molar-refractivity contribution in [1.29, 1.82) is 0 Å². The Balaban J connectivity index is 0.000000440. The number of nitrogens with zero attached hydrogens (tertiary/aromatic N) is 2. The standard InChI is InChI=1S/C19H33N2O4Si.CHF3O3S/c1-12(2)19(4,5)26(7,8)23-11-15-14-9-16(24-15)21-10-13(3)17(22)20(6)18(21)25-14;2-1(3,4)8(5,6)7/h10,12,14-16H,9,11H2,1-8H3;(H,5,6,7)/q+1;/p-1/t14-,15+,16+;/m0./s1. The molecule has 0 N–H and O–H groups in total. The maximum Gasteiger partial charge on any atom is 0.485 e. The minimum absolute atomic E-state index is 0.0300. The first-order valence-corrected chi connectivity index (χ1v) is 15.1. The summed E-state index contributed by atoms with van der Waals surface area (Å²) in [6.07, 6.45) is 2.36. The van der Waals surface area contributed by atoms with Crippen molar-refractivity contribution in [3.8, 4) is 6.01 Å². The van der Waals surface area contributed by atoms with E-state index in [1.807, 2.05) is 17.7 Å². The number of fused-ring (bicyclic) bond motifs is 4. The second-order valence-electron chi connectivity index (χ2n) is 9.98. The molecule has 9 nitrogen and oxygen atoms in total. The summed E-state index contributed by atoms with van der Waals surface area (Å²) in [5, 5.41) is 0.167. The molecule has 0 spiro atoms. The summed E-state index contributed by atoms with van der Waals surface area (Å²) in [4.78, 5) is 12.2. The Morgan fingerprint density at radius 2 is 1.85 bits per heavy atom. The normalized spacial score (nSPS) is 22.7. The molecule has 34 heavy (non-hydrogen) atoms. The van der Waals surface area contributed by atoms with Gasteiger partial charge >= 0.3 is 17.1 Å². The fourth-order valence-corrected chi connectivity index (χ4v) is 5.99. The van der Waals surface area contributed by atoms with Crippen LogP contribution >= 0.6 is 0 Å². The average molecular weight is 531 g/mol. The molecule has 1 fully saturated rings. The zero-order valence-corrected chi connectivity index (χ0v) is 22.4. The molecule has 14 heteroatoms. The smallest absolute Gasteiger partial charge is 0.485 e. The zero-order chi connectivity index (χ0) is 26.4. The molecule has 2 aliphatic heterocycles. The van der Waals surface area contributed by atoms with Crippen LogP contribution in [0, 0.1) is 12.8 Å². The van der Waals surface area contributed by atoms with Gasteiger partial charge in [0.15, 0.2) is 18.4 Å². The molecule has 3 rings (SSSR count). The molecule has 1 saturated heterocycles. The number of rotatable bonds is 5. The van der Waals surface area contributed by atoms with Crippen molar-refractivity contribution >= 4 is 18.4 Å². The van der Waals surface area contributed by atoms with Crippen molar-refractivity contribution in [3.63, 3.8) is 0 Å². The highest BCUT2D eigenvalue weighted by Crippen LogP contribution is 2.45. The number of ether oxygens (including phenoxy) is 2. The molecule has 0 unspecified atom stereocenters. The van der Waals surface area contributed by atoms with E-state index in [0.29, 0.717) is 24.1 Å². The van der Waals surface area contributed by atoms with Crippen molar-refractivity contribution in [2.45, 2.75) is 83.1 Å². The Kier molecular flexibility index (Phi) is 8.05. The molecule has 0 radical (unpaired) electrons. The van der Waals surface area contributed by atoms with Gasteiger partial charge in [0.1, 0.15) is 18.4 Å². The molecule has 2 aliphatic rings. The van der Waals surface area contributed by atoms with Crippen LogP contribution in [0.4, 0.5) is 13.2 Å². The Hall–Kier alpha value is -1.48. The third-order valence-corrected chi connectivity index (χ3v) is 12.3. The summed E-state index contributed by atoms with van der Waals surface area (Å²) < 4.78 is 81.3. The third kappa shape index (κ3) is 5.66. The summed E-state index contributed by atoms with van der Waals surface area (Å²) in [7, 11) is -6.25. The quantitative estimate of drug-likeness (QED) is 0.249. The average Bonchev–Trinajstić information content (AvgIpc) is 3.01. The van der Waals surface area contributed by atoms with Gasteiger partial charge in [-0.05, 0) is 31.0 Å². The molecule has 0 aliphatic carbocycles. The van der Waals surface area contributed by atoms with Crippen LogP contribution in [0.1, 0.15) is 45.9 Å². The van der Waals surface area contributed by atoms with Crippen molar-refractivity contribution in [3.05, 3.63) is 22.1 Å². The van der Waals surface area contributed by atoms with E-state index in [1.54, 1.807) is 11.6 Å². The predicted molar refractivity (Wildman–Crippen MR) is 118 cm³/mol. The lowest BCUT2D eigenvalue weighted by atomic mass is 9.99. The topological polar surface area (TPSA) is 111 Å². The van der Waals surface area contributed by atoms with Crippen molar-refractivity contribution in [2.24, 2.45) is 13.0 Å². The van der Waals surface area contributed by atoms with E-state index in [2.05, 4.69) is 40.8 Å². The second-order valence-corrected chi connectivity index (χ2v) is 16.0. The van der Waals surface area contributed by atoms with E-state index in [0.717, 1.165) is 6.42 Å². The summed E-state index contributed by atoms with van der Waals surface area (Å²) in [6.45, 7) is 16.1. The Bertz CT molecular complexity index is 1070. The van der Waals surface area contributed by atoms with Crippen LogP contribution in [-0.4, -0.2) is 50.2 Å². The highest BCUT2D eigenvalue weighted by Gasteiger charge is 2.50. The Morgan fingerprint density at radius 3 is 2.32 bits per heavy atom. The molecule has 1 aromatic rings. The van der Waals surface area contributed by atoms with Crippen LogP contribution in [-0.2, 0) is 26.3 Å². The van der Waals surface area contributed by atoms with E-state index in [1.165, 1.54) is 0 Å². The minimum Gasteiger partial charge on any atom is -0.741 e. The number of alkyl halides is 3. The van der Waals surface area contributed by atoms with E-state index in [4.69, 9.17) is 26.9 Å². The first-order chi connectivity index (χ1) is 15.2. The van der Waals surface area contributed by atoms with Crippen LogP contribution in [0.15, 0.2) is 11.0 Å². The molecule has 3 atom stereocenters. The van der Waals surface area contributed by atoms with Gasteiger partial charge in [0.25, 0.3) is 0 Å². The molecule has 1 aromatic heterocycles. The number of halogens is 3. The number of aromatic nitrogens is 2. The van der Waals surface area contributed by atoms with Crippen LogP contribution in [0.3, 0.4) is 0 Å². The largest absolute Gasteiger partial charge is 0.741 e. The van der Waals surface area contributed by atoms with E-state index in [9.17, 15) is 18.0 Å². The molecule has 0 amide bonds. The van der Waals surface area contributed by atoms with Crippen LogP contribution in [0.5, 0.6) is 6.01 Å². The summed E-state index contributed by atoms with van der Waals surface area (Å²) >= 11 is 0. The molecule has 196 valence electrons. The Morgan fingerprint density at radius 1 is 1.32 bits per heavy atom. The maximum absolute atomic E-state index is 12.2. The first-order valence-electron chi connectivity index (χ1n) is 10.8. The zero-order valence-electron chi connectivity index (χ0n) is 20.6. The van der Waals surface area contributed by atoms with Gasteiger partial charge in [-0.1, -0.05) is 27.7 Å². The van der Waals surface area contributed by atoms with Gasteiger partial charge in [-0.25, -0.2) is 13.2 Å². The van der Waals surface area contributed by atoms with Gasteiger partial charge < -0.3 is 18.5 Å². The Labute approximate surface area is 198 Å². The molecule has 3 heterocycles. The molecular formula is C20H33F3N2O7SSi. The lowest BCUT2D eigenvalue weighted by Gasteiger charge is -2.43. The van der Waals surface area contributed by atoms with Gasteiger partial charge in [0.05, 0.1) is 25.6 Å². The fraction of sp³-hybridized carbons (Fsp3) is 0.800. The van der Waals surface area contributed by atoms with Gasteiger partial charge in [-0.2, -0.15) is 22.3 Å². The van der Waals surface area contributed by atoms with Crippen LogP contribution < -0.4 is 14.9 Å². The number of aryl methyl sites for hydroxylation is 1. The van der Waals surface area contributed by atoms with Gasteiger partial charge in [0.2, 0.25) is 6.23 Å². The van der Waals surface area contributed by atoms with Crippen molar-refractivity contribution < 1.29 is 44.6 Å². The SMILES string of the molecule is Cc1c[n+]2c(n(C)c1=O)O[C@H]1C[C@H]2O[C@@H]1CO[Si](C)(C)C(C)(C)C(C)C.O=S(=O)([O-])C(F)(F)F. The summed E-state index contributed by atoms with van der Waals surface area (Å²) in [5.74, 6) is 0.557. The monoisotopic (exact) mass is 530 g/mol. The summed E-state index contributed by atoms with van der Waals surface area (Å²) in [5.41, 5.74) is -4.99. The van der Waals surface area contributed by atoms with E-state index >= 15 is 0 Å². The lowest BCUT2D eigenvalue weighted by Crippen LogP contribution is -2.50. The van der Waals surface area contributed by atoms with Crippen molar-refractivity contribution in [1.82, 2.24) is 4.57 Å². The number of hydrogen-bond donors (Lipinski definition) is 0. The van der Waals surface area contributed by atoms with Crippen LogP contribution in [0.25, 0.3) is 0 Å². The number of hydrogen-bond acceptors (Lipinski definition) is 7. The highest BCUT2D eigenvalue weighted by molar-refractivity contribution is 7.86. The summed E-state index contributed by atoms with van der Waals surface area (Å²) in [6, 6.07) is 0.573. The lowest BCUT2D eigenvalue weighted by molar-refractivity contribution is -0.770. The van der Waals surface area contributed by atoms with Gasteiger partial charge in [-0.3, -0.25) is 0 Å². The fourth-order valence-electron chi connectivity index (χ4n) is 3.64. The van der Waals surface area contributed by atoms with Crippen LogP contribution in [0.2, 0.25) is 18.1 Å².